The number of hydrogen-bond donors (Lipinski definition) is 2. The molecule has 0 heterocycles. The number of nitrogens with one attached hydrogen (secondary N) is 1. The van der Waals surface area contributed by atoms with Crippen LogP contribution in [0.5, 0.6) is 0 Å². The SMILES string of the molecule is C=C(NC(CC(=O)O)C(=O)CF)c1cccc(C)c1. The molecule has 0 aliphatic carbocycles. The standard InChI is InChI=1S/C14H16FNO3/c1-9-4-3-5-11(6-9)10(2)16-12(7-14(18)19)13(17)8-15/h3-6,12,16H,2,7-8H2,1H3,(H,18,19). The Morgan fingerprint density at radius 2 is 2.16 bits per heavy atom. The van der Waals surface area contributed by atoms with E-state index in [1.54, 1.807) is 6.07 Å². The van der Waals surface area contributed by atoms with Gasteiger partial charge in [0, 0.05) is 5.70 Å². The van der Waals surface area contributed by atoms with E-state index in [2.05, 4.69) is 11.9 Å². The van der Waals surface area contributed by atoms with Gasteiger partial charge in [-0.25, -0.2) is 4.39 Å². The van der Waals surface area contributed by atoms with Crippen LogP contribution in [0.4, 0.5) is 4.39 Å². The lowest BCUT2D eigenvalue weighted by atomic mass is 10.1. The predicted octanol–water partition coefficient (Wildman–Crippen LogP) is 1.94. The maximum Gasteiger partial charge on any atom is 0.305 e. The number of halogens is 1. The maximum absolute atomic E-state index is 12.4. The summed E-state index contributed by atoms with van der Waals surface area (Å²) in [5.41, 5.74) is 2.14. The van der Waals surface area contributed by atoms with Gasteiger partial charge in [0.1, 0.15) is 6.67 Å². The number of ketones is 1. The monoisotopic (exact) mass is 265 g/mol. The molecule has 0 saturated heterocycles. The molecule has 0 fully saturated rings. The van der Waals surface area contributed by atoms with Crippen LogP contribution in [-0.4, -0.2) is 29.6 Å². The van der Waals surface area contributed by atoms with E-state index in [9.17, 15) is 14.0 Å². The molecule has 5 heteroatoms. The molecule has 0 spiro atoms. The van der Waals surface area contributed by atoms with Crippen LogP contribution in [0.3, 0.4) is 0 Å². The Bertz CT molecular complexity index is 499. The molecule has 1 unspecified atom stereocenters. The van der Waals surface area contributed by atoms with E-state index in [1.165, 1.54) is 0 Å². The topological polar surface area (TPSA) is 66.4 Å². The van der Waals surface area contributed by atoms with Crippen molar-refractivity contribution >= 4 is 17.4 Å². The molecule has 0 radical (unpaired) electrons. The van der Waals surface area contributed by atoms with Gasteiger partial charge in [-0.3, -0.25) is 9.59 Å². The Morgan fingerprint density at radius 1 is 1.47 bits per heavy atom. The van der Waals surface area contributed by atoms with Gasteiger partial charge in [-0.05, 0) is 18.6 Å². The number of carboxylic acid groups (broad SMARTS) is 1. The fraction of sp³-hybridized carbons (Fsp3) is 0.286. The van der Waals surface area contributed by atoms with Crippen molar-refractivity contribution in [3.8, 4) is 0 Å². The third-order valence-corrected chi connectivity index (χ3v) is 2.61. The maximum atomic E-state index is 12.4. The second-order valence-corrected chi connectivity index (χ2v) is 4.24. The molecule has 2 N–H and O–H groups in total. The summed E-state index contributed by atoms with van der Waals surface area (Å²) >= 11 is 0. The number of aliphatic carboxylic acids is 1. The van der Waals surface area contributed by atoms with Crippen LogP contribution in [0.25, 0.3) is 5.70 Å². The number of carbonyl (C=O) groups excluding carboxylic acids is 1. The quantitative estimate of drug-likeness (QED) is 0.790. The fourth-order valence-electron chi connectivity index (χ4n) is 1.64. The summed E-state index contributed by atoms with van der Waals surface area (Å²) in [5, 5.41) is 11.4. The minimum Gasteiger partial charge on any atom is -0.481 e. The van der Waals surface area contributed by atoms with Crippen molar-refractivity contribution < 1.29 is 19.1 Å². The Morgan fingerprint density at radius 3 is 2.68 bits per heavy atom. The van der Waals surface area contributed by atoms with E-state index >= 15 is 0 Å². The van der Waals surface area contributed by atoms with Crippen molar-refractivity contribution in [3.63, 3.8) is 0 Å². The number of hydrogen-bond acceptors (Lipinski definition) is 3. The summed E-state index contributed by atoms with van der Waals surface area (Å²) < 4.78 is 12.4. The smallest absolute Gasteiger partial charge is 0.305 e. The molecular weight excluding hydrogens is 249 g/mol. The van der Waals surface area contributed by atoms with Crippen LogP contribution in [0.1, 0.15) is 17.5 Å². The van der Waals surface area contributed by atoms with Crippen LogP contribution >= 0.6 is 0 Å². The van der Waals surface area contributed by atoms with Crippen molar-refractivity contribution in [2.75, 3.05) is 6.67 Å². The summed E-state index contributed by atoms with van der Waals surface area (Å²) in [5.74, 6) is -1.97. The zero-order valence-electron chi connectivity index (χ0n) is 10.6. The van der Waals surface area contributed by atoms with Gasteiger partial charge < -0.3 is 10.4 Å². The Labute approximate surface area is 110 Å². The summed E-state index contributed by atoms with van der Waals surface area (Å²) in [6.07, 6.45) is -0.479. The number of alkyl halides is 1. The second-order valence-electron chi connectivity index (χ2n) is 4.24. The number of benzene rings is 1. The molecule has 1 atom stereocenters. The van der Waals surface area contributed by atoms with Crippen molar-refractivity contribution in [2.45, 2.75) is 19.4 Å². The highest BCUT2D eigenvalue weighted by atomic mass is 19.1. The fourth-order valence-corrected chi connectivity index (χ4v) is 1.64. The van der Waals surface area contributed by atoms with Gasteiger partial charge >= 0.3 is 5.97 Å². The average molecular weight is 265 g/mol. The Kier molecular flexibility index (Phi) is 5.23. The molecule has 1 aromatic rings. The molecule has 102 valence electrons. The van der Waals surface area contributed by atoms with Gasteiger partial charge in [0.2, 0.25) is 0 Å². The van der Waals surface area contributed by atoms with Crippen LogP contribution in [0, 0.1) is 6.92 Å². The van der Waals surface area contributed by atoms with Gasteiger partial charge in [-0.15, -0.1) is 0 Å². The molecule has 0 aromatic heterocycles. The molecular formula is C14H16FNO3. The van der Waals surface area contributed by atoms with E-state index in [-0.39, 0.29) is 0 Å². The van der Waals surface area contributed by atoms with Gasteiger partial charge in [0.05, 0.1) is 12.5 Å². The molecule has 19 heavy (non-hydrogen) atoms. The number of Topliss-reactive ketones (excluding diaryl/α,β-unsaturated/α-hetero) is 1. The van der Waals surface area contributed by atoms with E-state index < -0.39 is 30.9 Å². The molecule has 1 rings (SSSR count). The molecule has 0 amide bonds. The second kappa shape index (κ2) is 6.68. The molecule has 4 nitrogen and oxygen atoms in total. The molecule has 0 aliphatic rings. The molecule has 0 aliphatic heterocycles. The van der Waals surface area contributed by atoms with Crippen molar-refractivity contribution in [1.29, 1.82) is 0 Å². The van der Waals surface area contributed by atoms with Crippen molar-refractivity contribution in [3.05, 3.63) is 42.0 Å². The summed E-state index contributed by atoms with van der Waals surface area (Å²) in [6.45, 7) is 4.45. The third-order valence-electron chi connectivity index (χ3n) is 2.61. The lowest BCUT2D eigenvalue weighted by molar-refractivity contribution is -0.139. The lowest BCUT2D eigenvalue weighted by Gasteiger charge is -2.18. The first kappa shape index (κ1) is 14.9. The zero-order valence-corrected chi connectivity index (χ0v) is 10.6. The number of rotatable bonds is 7. The van der Waals surface area contributed by atoms with Gasteiger partial charge in [-0.1, -0.05) is 30.3 Å². The van der Waals surface area contributed by atoms with Crippen LogP contribution in [0.15, 0.2) is 30.8 Å². The Hall–Kier alpha value is -2.17. The lowest BCUT2D eigenvalue weighted by Crippen LogP contribution is -2.38. The number of carbonyl (C=O) groups is 2. The van der Waals surface area contributed by atoms with E-state index in [1.807, 2.05) is 25.1 Å². The summed E-state index contributed by atoms with van der Waals surface area (Å²) in [4.78, 5) is 22.0. The highest BCUT2D eigenvalue weighted by Gasteiger charge is 2.21. The zero-order chi connectivity index (χ0) is 14.4. The number of carboxylic acids is 1. The third kappa shape index (κ3) is 4.54. The van der Waals surface area contributed by atoms with Crippen molar-refractivity contribution in [1.82, 2.24) is 5.32 Å². The van der Waals surface area contributed by atoms with Crippen LogP contribution in [0.2, 0.25) is 0 Å². The van der Waals surface area contributed by atoms with Gasteiger partial charge in [0.25, 0.3) is 0 Å². The average Bonchev–Trinajstić information content (AvgIpc) is 2.36. The summed E-state index contributed by atoms with van der Waals surface area (Å²) in [7, 11) is 0. The van der Waals surface area contributed by atoms with Gasteiger partial charge in [0.15, 0.2) is 5.78 Å². The van der Waals surface area contributed by atoms with Crippen LogP contribution < -0.4 is 5.32 Å². The molecule has 1 aromatic carbocycles. The first-order chi connectivity index (χ1) is 8.93. The minimum absolute atomic E-state index is 0.400. The van der Waals surface area contributed by atoms with Crippen LogP contribution in [-0.2, 0) is 9.59 Å². The highest BCUT2D eigenvalue weighted by Crippen LogP contribution is 2.13. The highest BCUT2D eigenvalue weighted by molar-refractivity contribution is 5.90. The largest absolute Gasteiger partial charge is 0.481 e. The number of aryl methyl sites for hydroxylation is 1. The van der Waals surface area contributed by atoms with E-state index in [0.717, 1.165) is 11.1 Å². The molecule has 0 bridgehead atoms. The van der Waals surface area contributed by atoms with Crippen molar-refractivity contribution in [2.24, 2.45) is 0 Å². The molecule has 0 saturated carbocycles. The summed E-state index contributed by atoms with van der Waals surface area (Å²) in [6, 6.07) is 6.24. The normalized spacial score (nSPS) is 11.7. The van der Waals surface area contributed by atoms with E-state index in [4.69, 9.17) is 5.11 Å². The van der Waals surface area contributed by atoms with Gasteiger partial charge in [-0.2, -0.15) is 0 Å². The van der Waals surface area contributed by atoms with E-state index in [0.29, 0.717) is 5.70 Å². The first-order valence-electron chi connectivity index (χ1n) is 5.77. The Balaban J connectivity index is 2.81. The first-order valence-corrected chi connectivity index (χ1v) is 5.77. The minimum atomic E-state index is -1.20. The predicted molar refractivity (Wildman–Crippen MR) is 70.4 cm³/mol.